The number of aryl methyl sites for hydroxylation is 2. The van der Waals surface area contributed by atoms with Crippen molar-refractivity contribution < 1.29 is 14.2 Å². The third-order valence-electron chi connectivity index (χ3n) is 5.70. The fourth-order valence-corrected chi connectivity index (χ4v) is 4.57. The van der Waals surface area contributed by atoms with E-state index in [9.17, 15) is 0 Å². The normalized spacial score (nSPS) is 16.1. The van der Waals surface area contributed by atoms with Crippen molar-refractivity contribution in [2.45, 2.75) is 32.7 Å². The molecule has 5 heteroatoms. The summed E-state index contributed by atoms with van der Waals surface area (Å²) in [6.07, 6.45) is 1.85. The van der Waals surface area contributed by atoms with Gasteiger partial charge < -0.3 is 24.5 Å². The van der Waals surface area contributed by atoms with Crippen molar-refractivity contribution in [2.24, 2.45) is 0 Å². The van der Waals surface area contributed by atoms with E-state index in [2.05, 4.69) is 42.3 Å². The van der Waals surface area contributed by atoms with Gasteiger partial charge in [0.1, 0.15) is 0 Å². The monoisotopic (exact) mass is 380 g/mol. The molecule has 0 bridgehead atoms. The molecule has 3 aromatic rings. The molecule has 2 N–H and O–H groups in total. The maximum absolute atomic E-state index is 5.69. The van der Waals surface area contributed by atoms with Crippen molar-refractivity contribution >= 4 is 10.9 Å². The fourth-order valence-electron chi connectivity index (χ4n) is 4.57. The summed E-state index contributed by atoms with van der Waals surface area (Å²) < 4.78 is 16.7. The minimum atomic E-state index is 0.197. The number of benzene rings is 2. The molecule has 4 rings (SSSR count). The SMILES string of the molecule is COc1ccc(CC2NCCc3c2[nH]c2cc(C)cc(C)c32)c(OC)c1OC. The number of ether oxygens (including phenoxy) is 3. The summed E-state index contributed by atoms with van der Waals surface area (Å²) in [5.41, 5.74) is 7.68. The largest absolute Gasteiger partial charge is 0.493 e. The Morgan fingerprint density at radius 2 is 1.79 bits per heavy atom. The quantitative estimate of drug-likeness (QED) is 0.695. The van der Waals surface area contributed by atoms with E-state index in [-0.39, 0.29) is 6.04 Å². The second-order valence-corrected chi connectivity index (χ2v) is 7.48. The Bertz CT molecular complexity index is 1020. The molecule has 0 fully saturated rings. The number of fused-ring (bicyclic) bond motifs is 3. The van der Waals surface area contributed by atoms with Crippen molar-refractivity contribution in [3.8, 4) is 17.2 Å². The average Bonchev–Trinajstić information content (AvgIpc) is 3.06. The first-order chi connectivity index (χ1) is 13.6. The molecular weight excluding hydrogens is 352 g/mol. The number of hydrogen-bond donors (Lipinski definition) is 2. The number of aromatic nitrogens is 1. The molecule has 2 heterocycles. The molecule has 0 radical (unpaired) electrons. The lowest BCUT2D eigenvalue weighted by atomic mass is 9.93. The van der Waals surface area contributed by atoms with E-state index in [4.69, 9.17) is 14.2 Å². The highest BCUT2D eigenvalue weighted by atomic mass is 16.5. The van der Waals surface area contributed by atoms with Crippen LogP contribution < -0.4 is 19.5 Å². The number of nitrogens with one attached hydrogen (secondary N) is 2. The molecule has 5 nitrogen and oxygen atoms in total. The summed E-state index contributed by atoms with van der Waals surface area (Å²) in [5, 5.41) is 5.06. The summed E-state index contributed by atoms with van der Waals surface area (Å²) >= 11 is 0. The van der Waals surface area contributed by atoms with Crippen molar-refractivity contribution in [1.29, 1.82) is 0 Å². The van der Waals surface area contributed by atoms with Crippen LogP contribution in [0.1, 0.15) is 34.0 Å². The van der Waals surface area contributed by atoms with E-state index in [1.54, 1.807) is 21.3 Å². The Balaban J connectivity index is 1.77. The molecular formula is C23H28N2O3. The van der Waals surface area contributed by atoms with Crippen molar-refractivity contribution in [2.75, 3.05) is 27.9 Å². The summed E-state index contributed by atoms with van der Waals surface area (Å²) in [4.78, 5) is 3.70. The summed E-state index contributed by atoms with van der Waals surface area (Å²) in [6.45, 7) is 5.32. The van der Waals surface area contributed by atoms with Crippen LogP contribution in [-0.2, 0) is 12.8 Å². The minimum Gasteiger partial charge on any atom is -0.493 e. The molecule has 1 aliphatic rings. The van der Waals surface area contributed by atoms with Gasteiger partial charge >= 0.3 is 0 Å². The van der Waals surface area contributed by atoms with Gasteiger partial charge in [-0.25, -0.2) is 0 Å². The molecule has 0 saturated heterocycles. The summed E-state index contributed by atoms with van der Waals surface area (Å²) in [6, 6.07) is 8.72. The molecule has 1 aliphatic heterocycles. The third-order valence-corrected chi connectivity index (χ3v) is 5.70. The van der Waals surface area contributed by atoms with Gasteiger partial charge in [0.2, 0.25) is 5.75 Å². The molecule has 0 aliphatic carbocycles. The highest BCUT2D eigenvalue weighted by Crippen LogP contribution is 2.42. The van der Waals surface area contributed by atoms with E-state index in [1.807, 2.05) is 6.07 Å². The second kappa shape index (κ2) is 7.40. The standard InChI is InChI=1S/C23H28N2O3/c1-13-10-14(2)20-16-8-9-24-18(21(16)25-17(20)11-13)12-15-6-7-19(26-3)23(28-5)22(15)27-4/h6-7,10-11,18,24-25H,8-9,12H2,1-5H3. The van der Waals surface area contributed by atoms with Crippen LogP contribution in [-0.4, -0.2) is 32.9 Å². The number of methoxy groups -OCH3 is 3. The van der Waals surface area contributed by atoms with E-state index >= 15 is 0 Å². The van der Waals surface area contributed by atoms with E-state index < -0.39 is 0 Å². The number of rotatable bonds is 5. The Morgan fingerprint density at radius 1 is 1.00 bits per heavy atom. The maximum Gasteiger partial charge on any atom is 0.203 e. The number of H-pyrrole nitrogens is 1. The zero-order valence-corrected chi connectivity index (χ0v) is 17.2. The van der Waals surface area contributed by atoms with Crippen LogP contribution in [0.5, 0.6) is 17.2 Å². The van der Waals surface area contributed by atoms with Gasteiger partial charge in [-0.2, -0.15) is 0 Å². The van der Waals surface area contributed by atoms with Gasteiger partial charge in [0.25, 0.3) is 0 Å². The third kappa shape index (κ3) is 3.00. The number of hydrogen-bond acceptors (Lipinski definition) is 4. The molecule has 148 valence electrons. The molecule has 2 aromatic carbocycles. The molecule has 1 atom stereocenters. The predicted octanol–water partition coefficient (Wildman–Crippen LogP) is 4.24. The highest BCUT2D eigenvalue weighted by Gasteiger charge is 2.27. The Hall–Kier alpha value is -2.66. The Morgan fingerprint density at radius 3 is 2.50 bits per heavy atom. The lowest BCUT2D eigenvalue weighted by Crippen LogP contribution is -2.31. The molecule has 0 spiro atoms. The smallest absolute Gasteiger partial charge is 0.203 e. The van der Waals surface area contributed by atoms with Crippen molar-refractivity contribution in [3.63, 3.8) is 0 Å². The Kier molecular flexibility index (Phi) is 4.94. The first kappa shape index (κ1) is 18.7. The van der Waals surface area contributed by atoms with Gasteiger partial charge in [-0.05, 0) is 62.1 Å². The van der Waals surface area contributed by atoms with Crippen LogP contribution >= 0.6 is 0 Å². The highest BCUT2D eigenvalue weighted by molar-refractivity contribution is 5.89. The lowest BCUT2D eigenvalue weighted by Gasteiger charge is -2.26. The molecule has 1 unspecified atom stereocenters. The van der Waals surface area contributed by atoms with Crippen molar-refractivity contribution in [1.82, 2.24) is 10.3 Å². The van der Waals surface area contributed by atoms with Gasteiger partial charge in [-0.15, -0.1) is 0 Å². The molecule has 28 heavy (non-hydrogen) atoms. The average molecular weight is 380 g/mol. The van der Waals surface area contributed by atoms with E-state index in [0.717, 1.165) is 30.7 Å². The molecule has 0 amide bonds. The Labute approximate surface area is 166 Å². The topological polar surface area (TPSA) is 55.5 Å². The van der Waals surface area contributed by atoms with Crippen LogP contribution in [0.3, 0.4) is 0 Å². The summed E-state index contributed by atoms with van der Waals surface area (Å²) in [7, 11) is 4.96. The maximum atomic E-state index is 5.69. The predicted molar refractivity (Wildman–Crippen MR) is 112 cm³/mol. The molecule has 0 saturated carbocycles. The van der Waals surface area contributed by atoms with E-state index in [0.29, 0.717) is 11.5 Å². The van der Waals surface area contributed by atoms with Gasteiger partial charge in [0.05, 0.1) is 27.4 Å². The van der Waals surface area contributed by atoms with Crippen LogP contribution in [0.25, 0.3) is 10.9 Å². The molecule has 1 aromatic heterocycles. The summed E-state index contributed by atoms with van der Waals surface area (Å²) in [5.74, 6) is 2.05. The van der Waals surface area contributed by atoms with Gasteiger partial charge in [0.15, 0.2) is 11.5 Å². The lowest BCUT2D eigenvalue weighted by molar-refractivity contribution is 0.321. The number of aromatic amines is 1. The van der Waals surface area contributed by atoms with Gasteiger partial charge in [-0.1, -0.05) is 12.1 Å². The fraction of sp³-hybridized carbons (Fsp3) is 0.391. The zero-order chi connectivity index (χ0) is 19.8. The first-order valence-electron chi connectivity index (χ1n) is 9.70. The zero-order valence-electron chi connectivity index (χ0n) is 17.2. The van der Waals surface area contributed by atoms with Gasteiger partial charge in [-0.3, -0.25) is 0 Å². The van der Waals surface area contributed by atoms with Crippen molar-refractivity contribution in [3.05, 3.63) is 52.2 Å². The van der Waals surface area contributed by atoms with Crippen LogP contribution in [0, 0.1) is 13.8 Å². The second-order valence-electron chi connectivity index (χ2n) is 7.48. The first-order valence-corrected chi connectivity index (χ1v) is 9.70. The van der Waals surface area contributed by atoms with Crippen LogP contribution in [0.4, 0.5) is 0 Å². The van der Waals surface area contributed by atoms with Gasteiger partial charge in [0, 0.05) is 22.2 Å². The van der Waals surface area contributed by atoms with E-state index in [1.165, 1.54) is 33.3 Å². The minimum absolute atomic E-state index is 0.197. The van der Waals surface area contributed by atoms with Crippen LogP contribution in [0.15, 0.2) is 24.3 Å². The van der Waals surface area contributed by atoms with Crippen LogP contribution in [0.2, 0.25) is 0 Å².